The number of aryl methyl sites for hydroxylation is 1. The van der Waals surface area contributed by atoms with Crippen LogP contribution in [0.1, 0.15) is 23.7 Å². The van der Waals surface area contributed by atoms with Crippen LogP contribution < -0.4 is 10.9 Å². The molecule has 0 saturated heterocycles. The molecule has 7 nitrogen and oxygen atoms in total. The average Bonchev–Trinajstić information content (AvgIpc) is 3.49. The zero-order chi connectivity index (χ0) is 23.7. The van der Waals surface area contributed by atoms with E-state index in [9.17, 15) is 9.59 Å². The van der Waals surface area contributed by atoms with Crippen LogP contribution in [0.2, 0.25) is 0 Å². The first kappa shape index (κ1) is 21.8. The lowest BCUT2D eigenvalue weighted by molar-refractivity contribution is -0.115. The van der Waals surface area contributed by atoms with Crippen molar-refractivity contribution in [3.8, 4) is 16.5 Å². The Morgan fingerprint density at radius 3 is 2.71 bits per heavy atom. The van der Waals surface area contributed by atoms with Crippen LogP contribution in [-0.2, 0) is 17.6 Å². The molecular weight excluding hydrogens is 446 g/mol. The van der Waals surface area contributed by atoms with Crippen molar-refractivity contribution in [2.75, 3.05) is 5.32 Å². The molecule has 0 radical (unpaired) electrons. The molecule has 0 aliphatic rings. The molecule has 0 unspecified atom stereocenters. The van der Waals surface area contributed by atoms with Gasteiger partial charge in [-0.1, -0.05) is 55.5 Å². The van der Waals surface area contributed by atoms with Gasteiger partial charge in [-0.05, 0) is 41.1 Å². The molecule has 0 aliphatic carbocycles. The van der Waals surface area contributed by atoms with E-state index < -0.39 is 0 Å². The Hall–Kier alpha value is -4.04. The van der Waals surface area contributed by atoms with E-state index in [0.29, 0.717) is 29.2 Å². The number of benzene rings is 2. The lowest BCUT2D eigenvalue weighted by Crippen LogP contribution is -2.22. The highest BCUT2D eigenvalue weighted by Crippen LogP contribution is 2.28. The fourth-order valence-corrected chi connectivity index (χ4v) is 4.78. The van der Waals surface area contributed by atoms with Crippen molar-refractivity contribution in [1.82, 2.24) is 19.7 Å². The predicted molar refractivity (Wildman–Crippen MR) is 136 cm³/mol. The van der Waals surface area contributed by atoms with Crippen molar-refractivity contribution in [1.29, 1.82) is 0 Å². The molecule has 0 bridgehead atoms. The fourth-order valence-electron chi connectivity index (χ4n) is 4.10. The molecule has 1 amide bonds. The number of nitrogens with zero attached hydrogens (tertiary/aromatic N) is 3. The number of carbonyl (C=O) groups excluding carboxylic acids is 1. The maximum atomic E-state index is 13.1. The fraction of sp³-hybridized carbons (Fsp3) is 0.154. The number of nitrogens with one attached hydrogen (secondary N) is 2. The summed E-state index contributed by atoms with van der Waals surface area (Å²) in [4.78, 5) is 34.0. The van der Waals surface area contributed by atoms with Gasteiger partial charge in [0.2, 0.25) is 11.9 Å². The van der Waals surface area contributed by atoms with Gasteiger partial charge in [-0.3, -0.25) is 14.6 Å². The molecule has 2 aromatic carbocycles. The summed E-state index contributed by atoms with van der Waals surface area (Å²) in [6, 6.07) is 19.6. The molecule has 0 spiro atoms. The number of anilines is 1. The summed E-state index contributed by atoms with van der Waals surface area (Å²) < 4.78 is 1.49. The van der Waals surface area contributed by atoms with E-state index >= 15 is 0 Å². The van der Waals surface area contributed by atoms with Crippen LogP contribution >= 0.6 is 11.3 Å². The van der Waals surface area contributed by atoms with E-state index in [-0.39, 0.29) is 23.8 Å². The molecule has 5 rings (SSSR count). The number of H-pyrrole nitrogens is 1. The monoisotopic (exact) mass is 469 g/mol. The largest absolute Gasteiger partial charge is 0.310 e. The second-order valence-corrected chi connectivity index (χ2v) is 8.92. The standard InChI is InChI=1S/C26H23N5O2S/c1-3-19-16(2)27-26(29-25(19)33)31-23(15-21(30-31)22-12-7-13-34-22)28-24(32)14-18-10-6-9-17-8-4-5-11-20(17)18/h4-13,15H,3,14H2,1-2H3,(H,28,32)(H,27,29,33). The number of aromatic nitrogens is 4. The summed E-state index contributed by atoms with van der Waals surface area (Å²) in [6.45, 7) is 3.72. The number of carbonyl (C=O) groups is 1. The maximum absolute atomic E-state index is 13.1. The lowest BCUT2D eigenvalue weighted by atomic mass is 10.0. The zero-order valence-corrected chi connectivity index (χ0v) is 19.6. The minimum Gasteiger partial charge on any atom is -0.310 e. The smallest absolute Gasteiger partial charge is 0.255 e. The number of aromatic amines is 1. The Balaban J connectivity index is 1.52. The number of fused-ring (bicyclic) bond motifs is 1. The second-order valence-electron chi connectivity index (χ2n) is 7.97. The van der Waals surface area contributed by atoms with E-state index in [1.807, 2.05) is 66.9 Å². The number of hydrogen-bond acceptors (Lipinski definition) is 5. The molecule has 3 aromatic heterocycles. The van der Waals surface area contributed by atoms with Gasteiger partial charge in [0.05, 0.1) is 11.3 Å². The van der Waals surface area contributed by atoms with Gasteiger partial charge in [-0.2, -0.15) is 9.78 Å². The highest BCUT2D eigenvalue weighted by Gasteiger charge is 2.18. The molecule has 3 heterocycles. The van der Waals surface area contributed by atoms with E-state index in [1.54, 1.807) is 24.3 Å². The van der Waals surface area contributed by atoms with E-state index in [0.717, 1.165) is 21.2 Å². The molecule has 0 saturated carbocycles. The molecule has 8 heteroatoms. The van der Waals surface area contributed by atoms with Gasteiger partial charge in [-0.15, -0.1) is 11.3 Å². The summed E-state index contributed by atoms with van der Waals surface area (Å²) in [6.07, 6.45) is 0.793. The van der Waals surface area contributed by atoms with Gasteiger partial charge in [0, 0.05) is 17.3 Å². The van der Waals surface area contributed by atoms with Crippen LogP contribution in [-0.4, -0.2) is 25.7 Å². The van der Waals surface area contributed by atoms with Crippen LogP contribution in [0, 0.1) is 6.92 Å². The highest BCUT2D eigenvalue weighted by atomic mass is 32.1. The SMILES string of the molecule is CCc1c(C)nc(-n2nc(-c3cccs3)cc2NC(=O)Cc2cccc3ccccc23)[nH]c1=O. The van der Waals surface area contributed by atoms with Crippen molar-refractivity contribution >= 4 is 33.8 Å². The van der Waals surface area contributed by atoms with Gasteiger partial charge in [0.1, 0.15) is 11.5 Å². The normalized spacial score (nSPS) is 11.1. The molecule has 0 aliphatic heterocycles. The third-order valence-corrected chi connectivity index (χ3v) is 6.64. The van der Waals surface area contributed by atoms with Gasteiger partial charge in [0.15, 0.2) is 0 Å². The quantitative estimate of drug-likeness (QED) is 0.370. The van der Waals surface area contributed by atoms with Crippen LogP contribution in [0.4, 0.5) is 5.82 Å². The molecule has 2 N–H and O–H groups in total. The maximum Gasteiger partial charge on any atom is 0.255 e. The molecule has 34 heavy (non-hydrogen) atoms. The number of hydrogen-bond donors (Lipinski definition) is 2. The Kier molecular flexibility index (Phi) is 5.81. The predicted octanol–water partition coefficient (Wildman–Crippen LogP) is 4.89. The van der Waals surface area contributed by atoms with Crippen molar-refractivity contribution in [2.45, 2.75) is 26.7 Å². The molecular formula is C26H23N5O2S. The van der Waals surface area contributed by atoms with Crippen LogP contribution in [0.3, 0.4) is 0 Å². The van der Waals surface area contributed by atoms with Gasteiger partial charge in [-0.25, -0.2) is 4.98 Å². The topological polar surface area (TPSA) is 92.7 Å². The Bertz CT molecular complexity index is 1540. The first-order valence-electron chi connectivity index (χ1n) is 11.0. The van der Waals surface area contributed by atoms with Gasteiger partial charge >= 0.3 is 0 Å². The molecule has 0 atom stereocenters. The lowest BCUT2D eigenvalue weighted by Gasteiger charge is -2.11. The summed E-state index contributed by atoms with van der Waals surface area (Å²) >= 11 is 1.55. The molecule has 5 aromatic rings. The Morgan fingerprint density at radius 2 is 1.94 bits per heavy atom. The molecule has 170 valence electrons. The second kappa shape index (κ2) is 9.07. The minimum absolute atomic E-state index is 0.181. The number of amides is 1. The third kappa shape index (κ3) is 4.15. The van der Waals surface area contributed by atoms with E-state index in [1.165, 1.54) is 4.68 Å². The van der Waals surface area contributed by atoms with Crippen molar-refractivity contribution < 1.29 is 4.79 Å². The number of thiophene rings is 1. The summed E-state index contributed by atoms with van der Waals surface area (Å²) in [5.41, 5.74) is 2.70. The third-order valence-electron chi connectivity index (χ3n) is 5.75. The zero-order valence-electron chi connectivity index (χ0n) is 18.8. The van der Waals surface area contributed by atoms with Crippen LogP contribution in [0.5, 0.6) is 0 Å². The number of rotatable bonds is 6. The van der Waals surface area contributed by atoms with Crippen molar-refractivity contribution in [2.24, 2.45) is 0 Å². The minimum atomic E-state index is -0.203. The van der Waals surface area contributed by atoms with Crippen LogP contribution in [0.25, 0.3) is 27.3 Å². The highest BCUT2D eigenvalue weighted by molar-refractivity contribution is 7.13. The van der Waals surface area contributed by atoms with Gasteiger partial charge in [0.25, 0.3) is 5.56 Å². The first-order chi connectivity index (χ1) is 16.5. The van der Waals surface area contributed by atoms with Crippen molar-refractivity contribution in [3.63, 3.8) is 0 Å². The Morgan fingerprint density at radius 1 is 1.12 bits per heavy atom. The van der Waals surface area contributed by atoms with Crippen molar-refractivity contribution in [3.05, 3.63) is 93.2 Å². The van der Waals surface area contributed by atoms with E-state index in [4.69, 9.17) is 0 Å². The van der Waals surface area contributed by atoms with E-state index in [2.05, 4.69) is 20.4 Å². The first-order valence-corrected chi connectivity index (χ1v) is 11.9. The van der Waals surface area contributed by atoms with Gasteiger partial charge < -0.3 is 5.32 Å². The Labute approximate surface area is 200 Å². The molecule has 0 fully saturated rings. The summed E-state index contributed by atoms with van der Waals surface area (Å²) in [5.74, 6) is 0.530. The summed E-state index contributed by atoms with van der Waals surface area (Å²) in [5, 5.41) is 11.7. The summed E-state index contributed by atoms with van der Waals surface area (Å²) in [7, 11) is 0. The average molecular weight is 470 g/mol. The van der Waals surface area contributed by atoms with Crippen LogP contribution in [0.15, 0.2) is 70.8 Å².